The van der Waals surface area contributed by atoms with E-state index in [4.69, 9.17) is 27.6 Å². The van der Waals surface area contributed by atoms with Gasteiger partial charge in [-0.15, -0.1) is 0 Å². The summed E-state index contributed by atoms with van der Waals surface area (Å²) in [6.45, 7) is 0. The van der Waals surface area contributed by atoms with Gasteiger partial charge in [-0.2, -0.15) is 0 Å². The van der Waals surface area contributed by atoms with Gasteiger partial charge >= 0.3 is 0 Å². The Morgan fingerprint density at radius 1 is 0.758 bits per heavy atom. The molecule has 5 rings (SSSR count). The normalized spacial score (nSPS) is 10.2. The maximum atomic E-state index is 13.6. The van der Waals surface area contributed by atoms with E-state index in [1.807, 2.05) is 36.4 Å². The zero-order chi connectivity index (χ0) is 22.1. The molecule has 164 valence electrons. The monoisotopic (exact) mass is 1060 g/mol. The number of rotatable bonds is 1. The van der Waals surface area contributed by atoms with Crippen LogP contribution in [0.15, 0.2) is 86.2 Å². The van der Waals surface area contributed by atoms with Gasteiger partial charge in [-0.3, -0.25) is 0 Å². The summed E-state index contributed by atoms with van der Waals surface area (Å²) in [7, 11) is 0. The predicted octanol–water partition coefficient (Wildman–Crippen LogP) is 9.62. The summed E-state index contributed by atoms with van der Waals surface area (Å²) in [6, 6.07) is 21.0. The second-order valence-corrected chi connectivity index (χ2v) is 9.09. The molecular formula is C24H13Br2Cl2FO2U2. The van der Waals surface area contributed by atoms with Crippen molar-refractivity contribution >= 4 is 77.0 Å². The standard InChI is InChI=1S/C12H7BrClFO.C12H6BrClO.2U/c13-8-4-1-3-7(12(8)16)11-9(14)5-2-6-10(11)15;13-8-4-1-3-7-11-9(14)5-2-6-10(11)15-12(7)8;;/h1-6,16H;1-6H;;. The fourth-order valence-electron chi connectivity index (χ4n) is 3.24. The molecule has 0 atom stereocenters. The van der Waals surface area contributed by atoms with Crippen LogP contribution in [-0.2, 0) is 0 Å². The van der Waals surface area contributed by atoms with E-state index in [9.17, 15) is 9.50 Å². The van der Waals surface area contributed by atoms with Crippen LogP contribution in [0.1, 0.15) is 0 Å². The van der Waals surface area contributed by atoms with Crippen molar-refractivity contribution in [3.8, 4) is 16.9 Å². The topological polar surface area (TPSA) is 33.4 Å². The molecule has 1 aromatic heterocycles. The number of halogens is 5. The fourth-order valence-corrected chi connectivity index (χ4v) is 4.59. The SMILES string of the molecule is Clc1cccc2oc3c(Br)cccc3c12.Oc1c(Br)cccc1-c1c(F)cccc1Cl.[U].[U]. The second kappa shape index (κ2) is 12.8. The number of phenols is 1. The largest absolute Gasteiger partial charge is 0.506 e. The Morgan fingerprint density at radius 3 is 2.09 bits per heavy atom. The van der Waals surface area contributed by atoms with Crippen molar-refractivity contribution in [1.29, 1.82) is 0 Å². The molecule has 0 aliphatic rings. The molecule has 9 heteroatoms. The minimum Gasteiger partial charge on any atom is -0.506 e. The van der Waals surface area contributed by atoms with Crippen LogP contribution in [0, 0.1) is 68.0 Å². The number of hydrogen-bond acceptors (Lipinski definition) is 2. The van der Waals surface area contributed by atoms with Gasteiger partial charge in [0.1, 0.15) is 22.7 Å². The minimum atomic E-state index is -0.457. The molecule has 0 radical (unpaired) electrons. The van der Waals surface area contributed by atoms with E-state index in [2.05, 4.69) is 31.9 Å². The second-order valence-electron chi connectivity index (χ2n) is 6.56. The van der Waals surface area contributed by atoms with Crippen LogP contribution in [-0.4, -0.2) is 5.11 Å². The average Bonchev–Trinajstić information content (AvgIpc) is 3.13. The van der Waals surface area contributed by atoms with Crippen molar-refractivity contribution in [1.82, 2.24) is 0 Å². The van der Waals surface area contributed by atoms with Gasteiger partial charge in [0, 0.05) is 84.1 Å². The van der Waals surface area contributed by atoms with E-state index in [1.165, 1.54) is 12.1 Å². The summed E-state index contributed by atoms with van der Waals surface area (Å²) in [4.78, 5) is 0. The number of benzene rings is 4. The van der Waals surface area contributed by atoms with Crippen molar-refractivity contribution in [3.63, 3.8) is 0 Å². The van der Waals surface area contributed by atoms with Crippen molar-refractivity contribution in [3.05, 3.63) is 97.6 Å². The average molecular weight is 1060 g/mol. The first kappa shape index (κ1) is 29.3. The number of aromatic hydroxyl groups is 1. The maximum absolute atomic E-state index is 13.6. The Bertz CT molecular complexity index is 1410. The van der Waals surface area contributed by atoms with Crippen LogP contribution in [0.3, 0.4) is 0 Å². The summed E-state index contributed by atoms with van der Waals surface area (Å²) in [6.07, 6.45) is 0. The van der Waals surface area contributed by atoms with Crippen molar-refractivity contribution < 1.29 is 76.1 Å². The van der Waals surface area contributed by atoms with E-state index < -0.39 is 5.82 Å². The van der Waals surface area contributed by atoms with Crippen LogP contribution in [0.5, 0.6) is 5.75 Å². The van der Waals surface area contributed by atoms with Gasteiger partial charge in [-0.05, 0) is 68.3 Å². The molecule has 1 N–H and O–H groups in total. The van der Waals surface area contributed by atoms with E-state index in [0.717, 1.165) is 31.4 Å². The fraction of sp³-hybridized carbons (Fsp3) is 0. The zero-order valence-electron chi connectivity index (χ0n) is 16.7. The third-order valence-electron chi connectivity index (χ3n) is 4.64. The molecule has 1 heterocycles. The molecule has 0 saturated heterocycles. The molecule has 0 bridgehead atoms. The Kier molecular flexibility index (Phi) is 11.4. The van der Waals surface area contributed by atoms with E-state index in [-0.39, 0.29) is 78.6 Å². The Hall–Kier alpha value is 0.0539. The van der Waals surface area contributed by atoms with Crippen LogP contribution >= 0.6 is 55.1 Å². The van der Waals surface area contributed by atoms with Gasteiger partial charge in [0.05, 0.1) is 19.0 Å². The van der Waals surface area contributed by atoms with Gasteiger partial charge in [-0.25, -0.2) is 4.39 Å². The van der Waals surface area contributed by atoms with E-state index in [0.29, 0.717) is 10.0 Å². The molecule has 0 amide bonds. The molecule has 0 saturated carbocycles. The quantitative estimate of drug-likeness (QED) is 0.182. The number of fused-ring (bicyclic) bond motifs is 3. The minimum absolute atomic E-state index is 0. The first-order chi connectivity index (χ1) is 14.9. The molecule has 0 aliphatic carbocycles. The summed E-state index contributed by atoms with van der Waals surface area (Å²) in [5.41, 5.74) is 2.26. The first-order valence-electron chi connectivity index (χ1n) is 9.05. The summed E-state index contributed by atoms with van der Waals surface area (Å²) in [5.74, 6) is -0.476. The number of phenolic OH excluding ortho intramolecular Hbond substituents is 1. The van der Waals surface area contributed by atoms with Gasteiger partial charge in [0.15, 0.2) is 0 Å². The number of para-hydroxylation sites is 2. The smallest absolute Gasteiger partial charge is 0.149 e. The van der Waals surface area contributed by atoms with Gasteiger partial charge in [0.2, 0.25) is 0 Å². The van der Waals surface area contributed by atoms with E-state index >= 15 is 0 Å². The third-order valence-corrected chi connectivity index (χ3v) is 6.54. The molecule has 0 fully saturated rings. The molecule has 4 aromatic carbocycles. The van der Waals surface area contributed by atoms with Gasteiger partial charge < -0.3 is 9.52 Å². The number of furan rings is 1. The zero-order valence-corrected chi connectivity index (χ0v) is 29.7. The van der Waals surface area contributed by atoms with Gasteiger partial charge in [-0.1, -0.05) is 59.6 Å². The van der Waals surface area contributed by atoms with Crippen LogP contribution < -0.4 is 0 Å². The Balaban J connectivity index is 0.000000220. The summed E-state index contributed by atoms with van der Waals surface area (Å²) < 4.78 is 20.8. The van der Waals surface area contributed by atoms with Gasteiger partial charge in [0.25, 0.3) is 0 Å². The Labute approximate surface area is 264 Å². The van der Waals surface area contributed by atoms with E-state index in [1.54, 1.807) is 24.3 Å². The molecule has 33 heavy (non-hydrogen) atoms. The molecule has 2 nitrogen and oxygen atoms in total. The van der Waals surface area contributed by atoms with Crippen LogP contribution in [0.4, 0.5) is 4.39 Å². The third kappa shape index (κ3) is 6.25. The molecule has 5 aromatic rings. The molecule has 0 unspecified atom stereocenters. The summed E-state index contributed by atoms with van der Waals surface area (Å²) >= 11 is 18.7. The first-order valence-corrected chi connectivity index (χ1v) is 11.4. The maximum Gasteiger partial charge on any atom is 0.149 e. The van der Waals surface area contributed by atoms with Crippen molar-refractivity contribution in [2.24, 2.45) is 0 Å². The molecule has 0 aliphatic heterocycles. The van der Waals surface area contributed by atoms with Crippen molar-refractivity contribution in [2.75, 3.05) is 0 Å². The van der Waals surface area contributed by atoms with Crippen LogP contribution in [0.2, 0.25) is 10.0 Å². The summed E-state index contributed by atoms with van der Waals surface area (Å²) in [5, 5.41) is 12.9. The van der Waals surface area contributed by atoms with Crippen LogP contribution in [0.25, 0.3) is 33.1 Å². The Morgan fingerprint density at radius 2 is 1.36 bits per heavy atom. The van der Waals surface area contributed by atoms with Crippen molar-refractivity contribution in [2.45, 2.75) is 0 Å². The predicted molar refractivity (Wildman–Crippen MR) is 133 cm³/mol. The molecule has 0 spiro atoms. The number of hydrogen-bond donors (Lipinski definition) is 1. The molecular weight excluding hydrogens is 1050 g/mol.